The zero-order valence-corrected chi connectivity index (χ0v) is 13.6. The molecule has 2 N–H and O–H groups in total. The van der Waals surface area contributed by atoms with E-state index in [1.54, 1.807) is 6.07 Å². The van der Waals surface area contributed by atoms with Crippen LogP contribution in [0.5, 0.6) is 5.75 Å². The summed E-state index contributed by atoms with van der Waals surface area (Å²) in [5.74, 6) is 0.803. The molecule has 0 aliphatic rings. The molecular formula is C17H18FN3OS. The average Bonchev–Trinajstić information content (AvgIpc) is 2.54. The van der Waals surface area contributed by atoms with Crippen LogP contribution in [0.4, 0.5) is 4.39 Å². The maximum Gasteiger partial charge on any atom is 0.180 e. The van der Waals surface area contributed by atoms with Crippen LogP contribution in [-0.4, -0.2) is 18.0 Å². The number of nitrogens with zero attached hydrogens (tertiary/aromatic N) is 2. The van der Waals surface area contributed by atoms with E-state index in [1.165, 1.54) is 30.1 Å². The number of halogens is 1. The lowest BCUT2D eigenvalue weighted by atomic mass is 10.2. The molecule has 6 heteroatoms. The summed E-state index contributed by atoms with van der Waals surface area (Å²) in [4.78, 5) is 0. The fourth-order valence-corrected chi connectivity index (χ4v) is 2.43. The lowest BCUT2D eigenvalue weighted by Gasteiger charge is -2.03. The molecule has 0 heterocycles. The van der Waals surface area contributed by atoms with Crippen LogP contribution in [-0.2, 0) is 5.75 Å². The summed E-state index contributed by atoms with van der Waals surface area (Å²) in [6.45, 7) is 2.31. The zero-order valence-electron chi connectivity index (χ0n) is 12.8. The molecule has 2 aromatic carbocycles. The molecule has 23 heavy (non-hydrogen) atoms. The highest BCUT2D eigenvalue weighted by Gasteiger charge is 2.00. The van der Waals surface area contributed by atoms with Gasteiger partial charge >= 0.3 is 0 Å². The number of rotatable bonds is 6. The molecule has 4 nitrogen and oxygen atoms in total. The van der Waals surface area contributed by atoms with E-state index in [2.05, 4.69) is 10.2 Å². The highest BCUT2D eigenvalue weighted by molar-refractivity contribution is 8.13. The average molecular weight is 331 g/mol. The molecule has 0 spiro atoms. The highest BCUT2D eigenvalue weighted by Crippen LogP contribution is 2.15. The monoisotopic (exact) mass is 331 g/mol. The molecule has 0 fully saturated rings. The van der Waals surface area contributed by atoms with Gasteiger partial charge in [-0.1, -0.05) is 42.1 Å². The number of nitrogens with two attached hydrogens (primary N) is 1. The van der Waals surface area contributed by atoms with Gasteiger partial charge in [-0.2, -0.15) is 5.10 Å². The van der Waals surface area contributed by atoms with Gasteiger partial charge in [0.15, 0.2) is 5.17 Å². The van der Waals surface area contributed by atoms with Crippen LogP contribution in [0, 0.1) is 5.82 Å². The van der Waals surface area contributed by atoms with E-state index in [0.717, 1.165) is 11.3 Å². The molecule has 0 saturated carbocycles. The van der Waals surface area contributed by atoms with Crippen molar-refractivity contribution in [3.63, 3.8) is 0 Å². The molecule has 0 aliphatic carbocycles. The Kier molecular flexibility index (Phi) is 6.62. The van der Waals surface area contributed by atoms with Gasteiger partial charge in [0.1, 0.15) is 11.6 Å². The molecule has 0 unspecified atom stereocenters. The van der Waals surface area contributed by atoms with Gasteiger partial charge in [-0.15, -0.1) is 5.10 Å². The molecule has 0 bridgehead atoms. The summed E-state index contributed by atoms with van der Waals surface area (Å²) in [6.07, 6.45) is 1.45. The van der Waals surface area contributed by atoms with E-state index in [9.17, 15) is 4.39 Å². The van der Waals surface area contributed by atoms with Crippen molar-refractivity contribution in [1.29, 1.82) is 0 Å². The third kappa shape index (κ3) is 6.12. The quantitative estimate of drug-likeness (QED) is 0.497. The largest absolute Gasteiger partial charge is 0.494 e. The Bertz CT molecular complexity index is 689. The lowest BCUT2D eigenvalue weighted by molar-refractivity contribution is 0.338. The van der Waals surface area contributed by atoms with Crippen LogP contribution < -0.4 is 10.5 Å². The summed E-state index contributed by atoms with van der Waals surface area (Å²) >= 11 is 1.39. The summed E-state index contributed by atoms with van der Waals surface area (Å²) < 4.78 is 18.7. The molecule has 2 rings (SSSR count). The second-order valence-electron chi connectivity index (χ2n) is 4.61. The van der Waals surface area contributed by atoms with Crippen LogP contribution >= 0.6 is 11.8 Å². The van der Waals surface area contributed by atoms with Gasteiger partial charge < -0.3 is 10.5 Å². The first-order valence-electron chi connectivity index (χ1n) is 7.14. The third-order valence-electron chi connectivity index (χ3n) is 2.80. The van der Waals surface area contributed by atoms with Crippen LogP contribution in [0.1, 0.15) is 18.1 Å². The molecule has 120 valence electrons. The van der Waals surface area contributed by atoms with Crippen molar-refractivity contribution >= 4 is 23.1 Å². The van der Waals surface area contributed by atoms with Crippen LogP contribution in [0.3, 0.4) is 0 Å². The maximum atomic E-state index is 13.4. The fraction of sp³-hybridized carbons (Fsp3) is 0.176. The number of thioether (sulfide) groups is 1. The summed E-state index contributed by atoms with van der Waals surface area (Å²) in [6, 6.07) is 14.3. The van der Waals surface area contributed by atoms with Gasteiger partial charge in [0, 0.05) is 17.4 Å². The van der Waals surface area contributed by atoms with Crippen molar-refractivity contribution in [2.24, 2.45) is 15.9 Å². The van der Waals surface area contributed by atoms with Gasteiger partial charge in [-0.25, -0.2) is 4.39 Å². The molecule has 2 aromatic rings. The van der Waals surface area contributed by atoms with Crippen LogP contribution in [0.15, 0.2) is 58.7 Å². The van der Waals surface area contributed by atoms with Crippen molar-refractivity contribution < 1.29 is 9.13 Å². The summed E-state index contributed by atoms with van der Waals surface area (Å²) in [5, 5.41) is 8.15. The fourth-order valence-electron chi connectivity index (χ4n) is 1.82. The molecule has 0 radical (unpaired) electrons. The van der Waals surface area contributed by atoms with Crippen molar-refractivity contribution in [3.05, 3.63) is 65.5 Å². The highest BCUT2D eigenvalue weighted by atomic mass is 32.2. The molecule has 0 saturated heterocycles. The topological polar surface area (TPSA) is 60.0 Å². The van der Waals surface area contributed by atoms with Gasteiger partial charge in [-0.3, -0.25) is 0 Å². The standard InChI is InChI=1S/C17H18FN3OS/c1-2-22-16-9-14(8-15(18)10-16)11-20-21-17(19)23-12-13-6-4-3-5-7-13/h3-11H,2,12H2,1H3,(H2,19,21). The second kappa shape index (κ2) is 8.95. The molecule has 0 atom stereocenters. The normalized spacial score (nSPS) is 11.8. The lowest BCUT2D eigenvalue weighted by Crippen LogP contribution is -2.06. The Morgan fingerprint density at radius 2 is 2.04 bits per heavy atom. The number of ether oxygens (including phenoxy) is 1. The van der Waals surface area contributed by atoms with E-state index in [-0.39, 0.29) is 5.82 Å². The summed E-state index contributed by atoms with van der Waals surface area (Å²) in [5.41, 5.74) is 7.52. The summed E-state index contributed by atoms with van der Waals surface area (Å²) in [7, 11) is 0. The SMILES string of the molecule is CCOc1cc(F)cc(C=NN=C(N)SCc2ccccc2)c1. The maximum absolute atomic E-state index is 13.4. The van der Waals surface area contributed by atoms with E-state index in [4.69, 9.17) is 10.5 Å². The van der Waals surface area contributed by atoms with Crippen molar-refractivity contribution in [3.8, 4) is 5.75 Å². The minimum atomic E-state index is -0.382. The Hall–Kier alpha value is -2.34. The smallest absolute Gasteiger partial charge is 0.180 e. The van der Waals surface area contributed by atoms with Crippen LogP contribution in [0.2, 0.25) is 0 Å². The number of hydrogen-bond donors (Lipinski definition) is 1. The third-order valence-corrected chi connectivity index (χ3v) is 3.65. The minimum absolute atomic E-state index is 0.353. The first-order valence-corrected chi connectivity index (χ1v) is 8.12. The predicted molar refractivity (Wildman–Crippen MR) is 94.5 cm³/mol. The Labute approximate surface area is 139 Å². The zero-order chi connectivity index (χ0) is 16.5. The molecule has 0 amide bonds. The second-order valence-corrected chi connectivity index (χ2v) is 5.61. The molecule has 0 aromatic heterocycles. The molecule has 0 aliphatic heterocycles. The van der Waals surface area contributed by atoms with Gasteiger partial charge in [0.05, 0.1) is 12.8 Å². The minimum Gasteiger partial charge on any atom is -0.494 e. The van der Waals surface area contributed by atoms with E-state index >= 15 is 0 Å². The number of benzene rings is 2. The molecular weight excluding hydrogens is 313 g/mol. The van der Waals surface area contributed by atoms with Gasteiger partial charge in [0.25, 0.3) is 0 Å². The van der Waals surface area contributed by atoms with Crippen LogP contribution in [0.25, 0.3) is 0 Å². The van der Waals surface area contributed by atoms with Gasteiger partial charge in [0.2, 0.25) is 0 Å². The van der Waals surface area contributed by atoms with Crippen molar-refractivity contribution in [2.45, 2.75) is 12.7 Å². The van der Waals surface area contributed by atoms with Crippen molar-refractivity contribution in [2.75, 3.05) is 6.61 Å². The van der Waals surface area contributed by atoms with Gasteiger partial charge in [-0.05, 0) is 24.6 Å². The van der Waals surface area contributed by atoms with Crippen molar-refractivity contribution in [1.82, 2.24) is 0 Å². The van der Waals surface area contributed by atoms with E-state index < -0.39 is 0 Å². The Balaban J connectivity index is 1.94. The van der Waals surface area contributed by atoms with E-state index in [1.807, 2.05) is 37.3 Å². The number of amidine groups is 1. The number of hydrogen-bond acceptors (Lipinski definition) is 4. The first kappa shape index (κ1) is 17.0. The predicted octanol–water partition coefficient (Wildman–Crippen LogP) is 3.81. The Morgan fingerprint density at radius 1 is 1.26 bits per heavy atom. The van der Waals surface area contributed by atoms with E-state index in [0.29, 0.717) is 23.1 Å². The first-order chi connectivity index (χ1) is 11.2. The Morgan fingerprint density at radius 3 is 2.78 bits per heavy atom.